The standard InChI is InChI=1S/C32H34N2O2/c1-23(30-16-8-12-26-11-5-6-15-31(26)30)33-29-14-7-13-28(21-29)25-17-19-27(20-18-25)32(35)34-36-22-24-9-3-2-4-10-24/h2-6,8-12,15-20,23,28-29,33H,7,13-14,21-22H2,1H3,(H,34,35)/t23-,28+,29?/m1/s1. The lowest BCUT2D eigenvalue weighted by Crippen LogP contribution is -2.35. The van der Waals surface area contributed by atoms with Gasteiger partial charge in [-0.1, -0.05) is 91.3 Å². The van der Waals surface area contributed by atoms with Crippen molar-refractivity contribution in [1.82, 2.24) is 10.8 Å². The van der Waals surface area contributed by atoms with Crippen molar-refractivity contribution < 1.29 is 9.63 Å². The highest BCUT2D eigenvalue weighted by atomic mass is 16.6. The second-order valence-corrected chi connectivity index (χ2v) is 9.84. The maximum absolute atomic E-state index is 12.5. The van der Waals surface area contributed by atoms with Crippen LogP contribution in [0.3, 0.4) is 0 Å². The Morgan fingerprint density at radius 1 is 0.889 bits per heavy atom. The van der Waals surface area contributed by atoms with Crippen LogP contribution in [-0.4, -0.2) is 11.9 Å². The number of carbonyl (C=O) groups is 1. The quantitative estimate of drug-likeness (QED) is 0.266. The predicted molar refractivity (Wildman–Crippen MR) is 146 cm³/mol. The molecule has 0 bridgehead atoms. The number of hydroxylamine groups is 1. The van der Waals surface area contributed by atoms with Crippen molar-refractivity contribution in [1.29, 1.82) is 0 Å². The third-order valence-corrected chi connectivity index (χ3v) is 7.34. The number of hydrogen-bond acceptors (Lipinski definition) is 3. The monoisotopic (exact) mass is 478 g/mol. The zero-order valence-corrected chi connectivity index (χ0v) is 20.8. The summed E-state index contributed by atoms with van der Waals surface area (Å²) in [5.74, 6) is 0.284. The van der Waals surface area contributed by atoms with Crippen molar-refractivity contribution in [3.63, 3.8) is 0 Å². The minimum absolute atomic E-state index is 0.218. The third kappa shape index (κ3) is 5.84. The van der Waals surface area contributed by atoms with Crippen LogP contribution in [0.2, 0.25) is 0 Å². The highest BCUT2D eigenvalue weighted by Gasteiger charge is 2.25. The molecule has 4 nitrogen and oxygen atoms in total. The van der Waals surface area contributed by atoms with E-state index in [1.165, 1.54) is 41.2 Å². The Morgan fingerprint density at radius 3 is 2.47 bits per heavy atom. The van der Waals surface area contributed by atoms with Gasteiger partial charge in [0.25, 0.3) is 5.91 Å². The van der Waals surface area contributed by atoms with Crippen LogP contribution in [0.25, 0.3) is 10.8 Å². The van der Waals surface area contributed by atoms with Crippen molar-refractivity contribution in [2.45, 2.75) is 57.2 Å². The average Bonchev–Trinajstić information content (AvgIpc) is 2.93. The molecule has 0 heterocycles. The van der Waals surface area contributed by atoms with E-state index in [9.17, 15) is 4.79 Å². The number of nitrogens with one attached hydrogen (secondary N) is 2. The molecule has 3 atom stereocenters. The summed E-state index contributed by atoms with van der Waals surface area (Å²) in [5.41, 5.74) is 6.85. The highest BCUT2D eigenvalue weighted by molar-refractivity contribution is 5.93. The van der Waals surface area contributed by atoms with Crippen LogP contribution in [0.15, 0.2) is 97.1 Å². The number of amides is 1. The first-order valence-electron chi connectivity index (χ1n) is 13.0. The molecule has 184 valence electrons. The number of benzene rings is 4. The van der Waals surface area contributed by atoms with Crippen molar-refractivity contribution in [2.75, 3.05) is 0 Å². The fourth-order valence-electron chi connectivity index (χ4n) is 5.44. The van der Waals surface area contributed by atoms with Gasteiger partial charge in [0.05, 0.1) is 6.61 Å². The van der Waals surface area contributed by atoms with Gasteiger partial charge in [0, 0.05) is 17.6 Å². The van der Waals surface area contributed by atoms with Crippen molar-refractivity contribution in [3.05, 3.63) is 119 Å². The molecule has 0 aliphatic heterocycles. The highest BCUT2D eigenvalue weighted by Crippen LogP contribution is 2.34. The summed E-state index contributed by atoms with van der Waals surface area (Å²) < 4.78 is 0. The largest absolute Gasteiger partial charge is 0.307 e. The van der Waals surface area contributed by atoms with Crippen LogP contribution in [0.5, 0.6) is 0 Å². The van der Waals surface area contributed by atoms with E-state index < -0.39 is 0 Å². The molecule has 36 heavy (non-hydrogen) atoms. The molecule has 1 fully saturated rings. The SMILES string of the molecule is C[C@@H](NC1CCC[C@H](c2ccc(C(=O)NOCc3ccccc3)cc2)C1)c1cccc2ccccc12. The zero-order valence-electron chi connectivity index (χ0n) is 20.8. The van der Waals surface area contributed by atoms with E-state index in [0.29, 0.717) is 30.2 Å². The molecule has 1 aliphatic rings. The van der Waals surface area contributed by atoms with Gasteiger partial charge in [-0.15, -0.1) is 0 Å². The molecular formula is C32H34N2O2. The molecular weight excluding hydrogens is 444 g/mol. The molecule has 5 rings (SSSR count). The molecule has 0 aromatic heterocycles. The Hall–Kier alpha value is -3.47. The van der Waals surface area contributed by atoms with Gasteiger partial charge in [-0.25, -0.2) is 5.48 Å². The Morgan fingerprint density at radius 2 is 1.64 bits per heavy atom. The number of carbonyl (C=O) groups excluding carboxylic acids is 1. The lowest BCUT2D eigenvalue weighted by atomic mass is 9.80. The van der Waals surface area contributed by atoms with E-state index in [1.54, 1.807) is 0 Å². The Bertz CT molecular complexity index is 1280. The first-order chi connectivity index (χ1) is 17.7. The number of rotatable bonds is 8. The number of hydrogen-bond donors (Lipinski definition) is 2. The first kappa shape index (κ1) is 24.2. The van der Waals surface area contributed by atoms with E-state index in [1.807, 2.05) is 42.5 Å². The summed E-state index contributed by atoms with van der Waals surface area (Å²) in [6.45, 7) is 2.62. The molecule has 1 aliphatic carbocycles. The van der Waals surface area contributed by atoms with Crippen LogP contribution in [0, 0.1) is 0 Å². The van der Waals surface area contributed by atoms with Gasteiger partial charge in [-0.3, -0.25) is 9.63 Å². The summed E-state index contributed by atoms with van der Waals surface area (Å²) in [7, 11) is 0. The maximum Gasteiger partial charge on any atom is 0.274 e. The van der Waals surface area contributed by atoms with Gasteiger partial charge in [0.2, 0.25) is 0 Å². The van der Waals surface area contributed by atoms with Gasteiger partial charge < -0.3 is 5.32 Å². The van der Waals surface area contributed by atoms with E-state index in [0.717, 1.165) is 12.0 Å². The third-order valence-electron chi connectivity index (χ3n) is 7.34. The summed E-state index contributed by atoms with van der Waals surface area (Å²) in [5, 5.41) is 6.53. The van der Waals surface area contributed by atoms with Crippen molar-refractivity contribution in [3.8, 4) is 0 Å². The van der Waals surface area contributed by atoms with Gasteiger partial charge in [0.15, 0.2) is 0 Å². The minimum Gasteiger partial charge on any atom is -0.307 e. The van der Waals surface area contributed by atoms with Crippen LogP contribution in [0.1, 0.15) is 71.6 Å². The summed E-state index contributed by atoms with van der Waals surface area (Å²) in [4.78, 5) is 17.9. The topological polar surface area (TPSA) is 50.4 Å². The smallest absolute Gasteiger partial charge is 0.274 e. The molecule has 1 saturated carbocycles. The molecule has 4 aromatic rings. The lowest BCUT2D eigenvalue weighted by Gasteiger charge is -2.32. The molecule has 0 radical (unpaired) electrons. The van der Waals surface area contributed by atoms with E-state index in [4.69, 9.17) is 4.84 Å². The summed E-state index contributed by atoms with van der Waals surface area (Å²) in [6, 6.07) is 33.8. The second kappa shape index (κ2) is 11.5. The Labute approximate surface area is 213 Å². The first-order valence-corrected chi connectivity index (χ1v) is 13.0. The molecule has 0 spiro atoms. The van der Waals surface area contributed by atoms with Crippen molar-refractivity contribution in [2.24, 2.45) is 0 Å². The lowest BCUT2D eigenvalue weighted by molar-refractivity contribution is 0.0233. The summed E-state index contributed by atoms with van der Waals surface area (Å²) >= 11 is 0. The molecule has 1 amide bonds. The summed E-state index contributed by atoms with van der Waals surface area (Å²) in [6.07, 6.45) is 4.71. The van der Waals surface area contributed by atoms with E-state index in [-0.39, 0.29) is 5.91 Å². The minimum atomic E-state index is -0.218. The second-order valence-electron chi connectivity index (χ2n) is 9.84. The van der Waals surface area contributed by atoms with E-state index in [2.05, 4.69) is 72.3 Å². The molecule has 4 aromatic carbocycles. The fourth-order valence-corrected chi connectivity index (χ4v) is 5.44. The number of fused-ring (bicyclic) bond motifs is 1. The van der Waals surface area contributed by atoms with E-state index >= 15 is 0 Å². The van der Waals surface area contributed by atoms with Gasteiger partial charge >= 0.3 is 0 Å². The van der Waals surface area contributed by atoms with Crippen LogP contribution < -0.4 is 10.8 Å². The van der Waals surface area contributed by atoms with Gasteiger partial charge in [-0.2, -0.15) is 0 Å². The maximum atomic E-state index is 12.5. The predicted octanol–water partition coefficient (Wildman–Crippen LogP) is 7.08. The average molecular weight is 479 g/mol. The van der Waals surface area contributed by atoms with Crippen LogP contribution in [-0.2, 0) is 11.4 Å². The Balaban J connectivity index is 1.16. The van der Waals surface area contributed by atoms with Gasteiger partial charge in [0.1, 0.15) is 0 Å². The van der Waals surface area contributed by atoms with Crippen LogP contribution in [0.4, 0.5) is 0 Å². The molecule has 2 N–H and O–H groups in total. The normalized spacial score (nSPS) is 18.6. The molecule has 1 unspecified atom stereocenters. The fraction of sp³-hybridized carbons (Fsp3) is 0.281. The van der Waals surface area contributed by atoms with Crippen LogP contribution >= 0.6 is 0 Å². The molecule has 0 saturated heterocycles. The Kier molecular flexibility index (Phi) is 7.75. The zero-order chi connectivity index (χ0) is 24.7. The van der Waals surface area contributed by atoms with Crippen molar-refractivity contribution >= 4 is 16.7 Å². The van der Waals surface area contributed by atoms with Gasteiger partial charge in [-0.05, 0) is 71.7 Å². The molecule has 4 heteroatoms.